The number of nitro groups is 1. The van der Waals surface area contributed by atoms with Gasteiger partial charge in [-0.1, -0.05) is 60.7 Å². The summed E-state index contributed by atoms with van der Waals surface area (Å²) in [4.78, 5) is 39.9. The van der Waals surface area contributed by atoms with E-state index in [0.29, 0.717) is 5.75 Å². The van der Waals surface area contributed by atoms with Gasteiger partial charge in [-0.2, -0.15) is 0 Å². The summed E-state index contributed by atoms with van der Waals surface area (Å²) in [6.07, 6.45) is 0.178. The lowest BCUT2D eigenvalue weighted by Crippen LogP contribution is -2.53. The molecule has 0 unspecified atom stereocenters. The summed E-state index contributed by atoms with van der Waals surface area (Å²) >= 11 is 0. The number of likely N-dealkylation sites (N-methyl/N-ethyl adjacent to an activating group) is 1. The van der Waals surface area contributed by atoms with Gasteiger partial charge in [0.2, 0.25) is 11.8 Å². The van der Waals surface area contributed by atoms with Crippen molar-refractivity contribution < 1.29 is 27.7 Å². The molecule has 4 aromatic rings. The van der Waals surface area contributed by atoms with Gasteiger partial charge in [0.05, 0.1) is 22.6 Å². The SMILES string of the molecule is CNC(=O)[C@H](Cc1ccccc1)N(Cc1ccccc1C)C(=O)CN(c1ccc(OC)cc1)S(=O)(=O)c1ccc(C)c([N+](=O)[O-])c1. The van der Waals surface area contributed by atoms with Gasteiger partial charge in [0.1, 0.15) is 18.3 Å². The lowest BCUT2D eigenvalue weighted by atomic mass is 10.0. The van der Waals surface area contributed by atoms with Crippen molar-refractivity contribution in [1.82, 2.24) is 10.2 Å². The van der Waals surface area contributed by atoms with Crippen molar-refractivity contribution in [3.63, 3.8) is 0 Å². The van der Waals surface area contributed by atoms with Gasteiger partial charge in [-0.15, -0.1) is 0 Å². The molecule has 0 saturated carbocycles. The maximum absolute atomic E-state index is 14.4. The molecule has 0 aliphatic rings. The summed E-state index contributed by atoms with van der Waals surface area (Å²) in [7, 11) is -1.58. The number of nitrogens with zero attached hydrogens (tertiary/aromatic N) is 3. The molecule has 0 radical (unpaired) electrons. The minimum absolute atomic E-state index is 0.0307. The van der Waals surface area contributed by atoms with Crippen LogP contribution in [-0.4, -0.2) is 56.8 Å². The minimum Gasteiger partial charge on any atom is -0.497 e. The van der Waals surface area contributed by atoms with Crippen molar-refractivity contribution in [2.45, 2.75) is 37.8 Å². The number of methoxy groups -OCH3 is 1. The summed E-state index contributed by atoms with van der Waals surface area (Å²) in [5, 5.41) is 14.3. The molecule has 0 aliphatic carbocycles. The van der Waals surface area contributed by atoms with Crippen molar-refractivity contribution in [2.75, 3.05) is 25.0 Å². The number of rotatable bonds is 13. The number of carbonyl (C=O) groups excluding carboxylic acids is 2. The molecule has 0 heterocycles. The summed E-state index contributed by atoms with van der Waals surface area (Å²) in [6, 6.07) is 25.3. The molecule has 11 nitrogen and oxygen atoms in total. The van der Waals surface area contributed by atoms with E-state index < -0.39 is 39.3 Å². The Bertz CT molecular complexity index is 1810. The Hall–Kier alpha value is -5.23. The number of aryl methyl sites for hydroxylation is 2. The van der Waals surface area contributed by atoms with E-state index in [-0.39, 0.29) is 34.8 Å². The van der Waals surface area contributed by atoms with E-state index in [1.54, 1.807) is 12.1 Å². The van der Waals surface area contributed by atoms with Gasteiger partial charge in [-0.25, -0.2) is 8.42 Å². The Balaban J connectivity index is 1.83. The summed E-state index contributed by atoms with van der Waals surface area (Å²) in [5.74, 6) is -0.602. The van der Waals surface area contributed by atoms with Gasteiger partial charge in [0, 0.05) is 31.6 Å². The Labute approximate surface area is 268 Å². The first-order valence-corrected chi connectivity index (χ1v) is 15.9. The average Bonchev–Trinajstić information content (AvgIpc) is 3.06. The van der Waals surface area contributed by atoms with Crippen LogP contribution in [0.1, 0.15) is 22.3 Å². The fourth-order valence-electron chi connectivity index (χ4n) is 5.04. The van der Waals surface area contributed by atoms with Gasteiger partial charge >= 0.3 is 0 Å². The highest BCUT2D eigenvalue weighted by Gasteiger charge is 2.35. The average molecular weight is 645 g/mol. The van der Waals surface area contributed by atoms with E-state index >= 15 is 0 Å². The second-order valence-corrected chi connectivity index (χ2v) is 12.5. The highest BCUT2D eigenvalue weighted by Crippen LogP contribution is 2.30. The van der Waals surface area contributed by atoms with Gasteiger partial charge in [-0.3, -0.25) is 24.0 Å². The van der Waals surface area contributed by atoms with Crippen LogP contribution in [-0.2, 0) is 32.6 Å². The maximum Gasteiger partial charge on any atom is 0.273 e. The molecule has 4 rings (SSSR count). The topological polar surface area (TPSA) is 139 Å². The molecule has 1 atom stereocenters. The largest absolute Gasteiger partial charge is 0.497 e. The van der Waals surface area contributed by atoms with E-state index in [0.717, 1.165) is 27.1 Å². The first-order valence-electron chi connectivity index (χ1n) is 14.5. The molecule has 0 aromatic heterocycles. The number of hydrogen-bond donors (Lipinski definition) is 1. The first-order chi connectivity index (χ1) is 22.0. The fraction of sp³-hybridized carbons (Fsp3) is 0.235. The zero-order valence-corrected chi connectivity index (χ0v) is 26.9. The number of nitro benzene ring substituents is 1. The van der Waals surface area contributed by atoms with Crippen LogP contribution in [0.4, 0.5) is 11.4 Å². The maximum atomic E-state index is 14.4. The Kier molecular flexibility index (Phi) is 10.8. The molecule has 2 amide bonds. The van der Waals surface area contributed by atoms with Crippen LogP contribution < -0.4 is 14.4 Å². The molecular weight excluding hydrogens is 608 g/mol. The third kappa shape index (κ3) is 7.70. The lowest BCUT2D eigenvalue weighted by molar-refractivity contribution is -0.385. The molecule has 0 fully saturated rings. The lowest BCUT2D eigenvalue weighted by Gasteiger charge is -2.34. The Morgan fingerprint density at radius 1 is 0.913 bits per heavy atom. The number of nitrogens with one attached hydrogen (secondary N) is 1. The predicted molar refractivity (Wildman–Crippen MR) is 175 cm³/mol. The number of amides is 2. The molecule has 0 aliphatic heterocycles. The normalized spacial score (nSPS) is 11.7. The van der Waals surface area contributed by atoms with Crippen molar-refractivity contribution in [3.8, 4) is 5.75 Å². The quantitative estimate of drug-likeness (QED) is 0.163. The van der Waals surface area contributed by atoms with Crippen LogP contribution in [0, 0.1) is 24.0 Å². The van der Waals surface area contributed by atoms with Crippen molar-refractivity contribution in [3.05, 3.63) is 129 Å². The molecule has 12 heteroatoms. The summed E-state index contributed by atoms with van der Waals surface area (Å²) in [5.41, 5.74) is 2.53. The van der Waals surface area contributed by atoms with Gasteiger partial charge in [0.15, 0.2) is 0 Å². The highest BCUT2D eigenvalue weighted by molar-refractivity contribution is 7.92. The van der Waals surface area contributed by atoms with Gasteiger partial charge < -0.3 is 15.0 Å². The van der Waals surface area contributed by atoms with E-state index in [1.165, 1.54) is 50.2 Å². The van der Waals surface area contributed by atoms with Crippen LogP contribution in [0.5, 0.6) is 5.75 Å². The van der Waals surface area contributed by atoms with Crippen molar-refractivity contribution in [1.29, 1.82) is 0 Å². The second-order valence-electron chi connectivity index (χ2n) is 10.7. The fourth-order valence-corrected chi connectivity index (χ4v) is 6.48. The van der Waals surface area contributed by atoms with Crippen LogP contribution in [0.2, 0.25) is 0 Å². The standard InChI is InChI=1S/C34H36N4O7S/c1-24-10-8-9-13-27(24)22-36(32(34(40)35-3)20-26-11-6-5-7-12-26)33(39)23-37(28-15-17-29(45-4)18-16-28)46(43,44)30-19-14-25(2)31(21-30)38(41)42/h5-19,21,32H,20,22-23H2,1-4H3,(H,35,40)/t32-/m0/s1. The molecule has 46 heavy (non-hydrogen) atoms. The number of benzene rings is 4. The number of hydrogen-bond acceptors (Lipinski definition) is 7. The third-order valence-electron chi connectivity index (χ3n) is 7.72. The Morgan fingerprint density at radius 3 is 2.17 bits per heavy atom. The second kappa shape index (κ2) is 14.7. The molecule has 240 valence electrons. The predicted octanol–water partition coefficient (Wildman–Crippen LogP) is 4.80. The van der Waals surface area contributed by atoms with Crippen LogP contribution in [0.15, 0.2) is 102 Å². The smallest absolute Gasteiger partial charge is 0.273 e. The zero-order valence-electron chi connectivity index (χ0n) is 26.0. The van der Waals surface area contributed by atoms with Crippen molar-refractivity contribution >= 4 is 33.2 Å². The third-order valence-corrected chi connectivity index (χ3v) is 9.49. The molecule has 0 bridgehead atoms. The van der Waals surface area contributed by atoms with Crippen LogP contribution in [0.3, 0.4) is 0 Å². The zero-order chi connectivity index (χ0) is 33.4. The van der Waals surface area contributed by atoms with E-state index in [1.807, 2.05) is 61.5 Å². The van der Waals surface area contributed by atoms with Gasteiger partial charge in [0.25, 0.3) is 15.7 Å². The molecule has 4 aromatic carbocycles. The van der Waals surface area contributed by atoms with E-state index in [4.69, 9.17) is 4.74 Å². The monoisotopic (exact) mass is 644 g/mol. The number of anilines is 1. The van der Waals surface area contributed by atoms with Crippen LogP contribution in [0.25, 0.3) is 0 Å². The highest BCUT2D eigenvalue weighted by atomic mass is 32.2. The Morgan fingerprint density at radius 2 is 1.57 bits per heavy atom. The number of sulfonamides is 1. The molecule has 0 spiro atoms. The summed E-state index contributed by atoms with van der Waals surface area (Å²) in [6.45, 7) is 2.74. The molecular formula is C34H36N4O7S. The molecule has 0 saturated heterocycles. The molecule has 1 N–H and O–H groups in total. The number of carbonyl (C=O) groups is 2. The van der Waals surface area contributed by atoms with Gasteiger partial charge in [-0.05, 0) is 60.9 Å². The first kappa shape index (κ1) is 33.7. The summed E-state index contributed by atoms with van der Waals surface area (Å²) < 4.78 is 34.6. The minimum atomic E-state index is -4.53. The number of ether oxygens (including phenoxy) is 1. The van der Waals surface area contributed by atoms with Crippen molar-refractivity contribution in [2.24, 2.45) is 0 Å². The van der Waals surface area contributed by atoms with E-state index in [9.17, 15) is 28.1 Å². The van der Waals surface area contributed by atoms with E-state index in [2.05, 4.69) is 5.32 Å². The van der Waals surface area contributed by atoms with Crippen LogP contribution >= 0.6 is 0 Å².